The van der Waals surface area contributed by atoms with E-state index >= 15 is 0 Å². The summed E-state index contributed by atoms with van der Waals surface area (Å²) >= 11 is 0. The molecule has 0 atom stereocenters. The van der Waals surface area contributed by atoms with Crippen molar-refractivity contribution in [2.24, 2.45) is 0 Å². The number of alkyl halides is 3. The molecule has 2 rings (SSSR count). The van der Waals surface area contributed by atoms with Gasteiger partial charge in [0, 0.05) is 5.69 Å². The summed E-state index contributed by atoms with van der Waals surface area (Å²) in [6, 6.07) is 8.60. The molecule has 0 fully saturated rings. The molecule has 112 valence electrons. The van der Waals surface area contributed by atoms with Crippen molar-refractivity contribution in [3.63, 3.8) is 0 Å². The number of para-hydroxylation sites is 1. The molecule has 0 aliphatic carbocycles. The quantitative estimate of drug-likeness (QED) is 0.828. The van der Waals surface area contributed by atoms with Crippen molar-refractivity contribution in [2.75, 3.05) is 18.2 Å². The van der Waals surface area contributed by atoms with E-state index in [0.717, 1.165) is 12.1 Å². The predicted octanol–water partition coefficient (Wildman–Crippen LogP) is 4.35. The van der Waals surface area contributed by atoms with Gasteiger partial charge in [-0.15, -0.1) is 0 Å². The standard InChI is InChI=1S/C15H15F3N2O/c1-9-6-7-10(15(16,17)18)8-12(9)20-11-4-3-5-13(21-2)14(11)19/h3-8,20H,19H2,1-2H3. The molecule has 0 saturated carbocycles. The average Bonchev–Trinajstić information content (AvgIpc) is 2.42. The van der Waals surface area contributed by atoms with Crippen LogP contribution in [0.25, 0.3) is 0 Å². The fourth-order valence-corrected chi connectivity index (χ4v) is 1.91. The zero-order valence-corrected chi connectivity index (χ0v) is 11.6. The zero-order chi connectivity index (χ0) is 15.6. The summed E-state index contributed by atoms with van der Waals surface area (Å²) < 4.78 is 43.4. The van der Waals surface area contributed by atoms with Crippen LogP contribution in [-0.2, 0) is 6.18 Å². The lowest BCUT2D eigenvalue weighted by Crippen LogP contribution is -2.06. The molecule has 2 aromatic carbocycles. The Bertz CT molecular complexity index is 654. The van der Waals surface area contributed by atoms with Gasteiger partial charge in [-0.25, -0.2) is 0 Å². The van der Waals surface area contributed by atoms with Gasteiger partial charge in [0.15, 0.2) is 0 Å². The molecule has 0 heterocycles. The largest absolute Gasteiger partial charge is 0.495 e. The third kappa shape index (κ3) is 3.21. The second kappa shape index (κ2) is 5.55. The fourth-order valence-electron chi connectivity index (χ4n) is 1.91. The van der Waals surface area contributed by atoms with Crippen LogP contribution in [0.4, 0.5) is 30.2 Å². The highest BCUT2D eigenvalue weighted by molar-refractivity contribution is 5.78. The number of aryl methyl sites for hydroxylation is 1. The van der Waals surface area contributed by atoms with Crippen molar-refractivity contribution in [2.45, 2.75) is 13.1 Å². The van der Waals surface area contributed by atoms with Crippen LogP contribution in [0, 0.1) is 6.92 Å². The number of benzene rings is 2. The number of hydrogen-bond donors (Lipinski definition) is 2. The molecule has 0 aromatic heterocycles. The van der Waals surface area contributed by atoms with Crippen molar-refractivity contribution in [3.8, 4) is 5.75 Å². The molecule has 0 unspecified atom stereocenters. The molecule has 0 spiro atoms. The molecule has 3 N–H and O–H groups in total. The van der Waals surface area contributed by atoms with Gasteiger partial charge in [-0.2, -0.15) is 13.2 Å². The van der Waals surface area contributed by atoms with E-state index in [1.165, 1.54) is 13.2 Å². The zero-order valence-electron chi connectivity index (χ0n) is 11.6. The van der Waals surface area contributed by atoms with Gasteiger partial charge in [0.25, 0.3) is 0 Å². The van der Waals surface area contributed by atoms with Gasteiger partial charge in [0.05, 0.1) is 24.0 Å². The Hall–Kier alpha value is -2.37. The van der Waals surface area contributed by atoms with Crippen molar-refractivity contribution in [1.29, 1.82) is 0 Å². The maximum atomic E-state index is 12.8. The molecule has 0 radical (unpaired) electrons. The van der Waals surface area contributed by atoms with Crippen LogP contribution in [-0.4, -0.2) is 7.11 Å². The molecule has 3 nitrogen and oxygen atoms in total. The first-order valence-electron chi connectivity index (χ1n) is 6.20. The maximum Gasteiger partial charge on any atom is 0.416 e. The lowest BCUT2D eigenvalue weighted by molar-refractivity contribution is -0.137. The minimum Gasteiger partial charge on any atom is -0.495 e. The first-order chi connectivity index (χ1) is 9.82. The molecule has 0 aliphatic rings. The van der Waals surface area contributed by atoms with E-state index in [9.17, 15) is 13.2 Å². The summed E-state index contributed by atoms with van der Waals surface area (Å²) in [6.07, 6.45) is -4.38. The number of hydrogen-bond acceptors (Lipinski definition) is 3. The molecule has 0 bridgehead atoms. The van der Waals surface area contributed by atoms with E-state index in [0.29, 0.717) is 28.4 Å². The van der Waals surface area contributed by atoms with E-state index in [-0.39, 0.29) is 0 Å². The molecule has 0 amide bonds. The Morgan fingerprint density at radius 1 is 1.10 bits per heavy atom. The van der Waals surface area contributed by atoms with Gasteiger partial charge in [-0.3, -0.25) is 0 Å². The van der Waals surface area contributed by atoms with Crippen molar-refractivity contribution in [3.05, 3.63) is 47.5 Å². The Morgan fingerprint density at radius 3 is 2.43 bits per heavy atom. The SMILES string of the molecule is COc1cccc(Nc2cc(C(F)(F)F)ccc2C)c1N. The van der Waals surface area contributed by atoms with Gasteiger partial charge < -0.3 is 15.8 Å². The number of anilines is 3. The molecular weight excluding hydrogens is 281 g/mol. The van der Waals surface area contributed by atoms with E-state index in [1.807, 2.05) is 0 Å². The summed E-state index contributed by atoms with van der Waals surface area (Å²) in [6.45, 7) is 1.72. The Morgan fingerprint density at radius 2 is 1.81 bits per heavy atom. The summed E-state index contributed by atoms with van der Waals surface area (Å²) in [5.41, 5.74) is 7.07. The van der Waals surface area contributed by atoms with Gasteiger partial charge in [-0.05, 0) is 36.8 Å². The molecule has 0 saturated heterocycles. The maximum absolute atomic E-state index is 12.8. The second-order valence-corrected chi connectivity index (χ2v) is 4.57. The molecule has 0 aliphatic heterocycles. The Kier molecular flexibility index (Phi) is 3.97. The monoisotopic (exact) mass is 296 g/mol. The number of nitrogens with one attached hydrogen (secondary N) is 1. The van der Waals surface area contributed by atoms with Crippen molar-refractivity contribution >= 4 is 17.1 Å². The van der Waals surface area contributed by atoms with Gasteiger partial charge >= 0.3 is 6.18 Å². The molecule has 21 heavy (non-hydrogen) atoms. The molecule has 2 aromatic rings. The van der Waals surface area contributed by atoms with E-state index < -0.39 is 11.7 Å². The summed E-state index contributed by atoms with van der Waals surface area (Å²) in [5.74, 6) is 0.463. The van der Waals surface area contributed by atoms with Gasteiger partial charge in [0.1, 0.15) is 5.75 Å². The lowest BCUT2D eigenvalue weighted by atomic mass is 10.1. The first kappa shape index (κ1) is 15.0. The minimum atomic E-state index is -4.38. The van der Waals surface area contributed by atoms with Crippen LogP contribution in [0.1, 0.15) is 11.1 Å². The summed E-state index contributed by atoms with van der Waals surface area (Å²) in [4.78, 5) is 0. The van der Waals surface area contributed by atoms with Gasteiger partial charge in [0.2, 0.25) is 0 Å². The van der Waals surface area contributed by atoms with E-state index in [1.54, 1.807) is 25.1 Å². The first-order valence-corrected chi connectivity index (χ1v) is 6.20. The lowest BCUT2D eigenvalue weighted by Gasteiger charge is -2.15. The normalized spacial score (nSPS) is 11.3. The third-order valence-corrected chi connectivity index (χ3v) is 3.12. The number of halogens is 3. The molecular formula is C15H15F3N2O. The van der Waals surface area contributed by atoms with E-state index in [2.05, 4.69) is 5.32 Å². The van der Waals surface area contributed by atoms with Crippen LogP contribution < -0.4 is 15.8 Å². The summed E-state index contributed by atoms with van der Waals surface area (Å²) in [5, 5.41) is 2.92. The van der Waals surface area contributed by atoms with E-state index in [4.69, 9.17) is 10.5 Å². The van der Waals surface area contributed by atoms with Gasteiger partial charge in [-0.1, -0.05) is 12.1 Å². The Balaban J connectivity index is 2.40. The number of ether oxygens (including phenoxy) is 1. The Labute approximate surface area is 120 Å². The van der Waals surface area contributed by atoms with Crippen LogP contribution in [0.5, 0.6) is 5.75 Å². The smallest absolute Gasteiger partial charge is 0.416 e. The average molecular weight is 296 g/mol. The highest BCUT2D eigenvalue weighted by atomic mass is 19.4. The predicted molar refractivity (Wildman–Crippen MR) is 76.9 cm³/mol. The van der Waals surface area contributed by atoms with Crippen LogP contribution in [0.3, 0.4) is 0 Å². The van der Waals surface area contributed by atoms with Crippen molar-refractivity contribution < 1.29 is 17.9 Å². The van der Waals surface area contributed by atoms with Crippen LogP contribution in [0.15, 0.2) is 36.4 Å². The third-order valence-electron chi connectivity index (χ3n) is 3.12. The van der Waals surface area contributed by atoms with Crippen LogP contribution >= 0.6 is 0 Å². The second-order valence-electron chi connectivity index (χ2n) is 4.57. The number of rotatable bonds is 3. The number of nitrogen functional groups attached to an aromatic ring is 1. The minimum absolute atomic E-state index is 0.344. The number of methoxy groups -OCH3 is 1. The fraction of sp³-hybridized carbons (Fsp3) is 0.200. The molecule has 6 heteroatoms. The summed E-state index contributed by atoms with van der Waals surface area (Å²) in [7, 11) is 1.48. The highest BCUT2D eigenvalue weighted by Gasteiger charge is 2.30. The van der Waals surface area contributed by atoms with Crippen molar-refractivity contribution in [1.82, 2.24) is 0 Å². The topological polar surface area (TPSA) is 47.3 Å². The number of nitrogens with two attached hydrogens (primary N) is 1. The highest BCUT2D eigenvalue weighted by Crippen LogP contribution is 2.35. The van der Waals surface area contributed by atoms with Crippen LogP contribution in [0.2, 0.25) is 0 Å².